The molecule has 0 aliphatic carbocycles. The second-order valence-electron chi connectivity index (χ2n) is 12.9. The topological polar surface area (TPSA) is 70.1 Å². The molecule has 0 saturated heterocycles. The molecule has 0 aromatic carbocycles. The van der Waals surface area contributed by atoms with Crippen molar-refractivity contribution in [3.8, 4) is 0 Å². The van der Waals surface area contributed by atoms with Gasteiger partial charge in [0.15, 0.2) is 0 Å². The van der Waals surface area contributed by atoms with Crippen molar-refractivity contribution in [3.05, 3.63) is 0 Å². The number of carbonyl (C=O) groups is 2. The Hall–Kier alpha value is -1.14. The molecule has 0 saturated carbocycles. The lowest BCUT2D eigenvalue weighted by Gasteiger charge is -2.23. The summed E-state index contributed by atoms with van der Waals surface area (Å²) in [6.07, 6.45) is 26.7. The molecular formula is C37H74N2O4. The van der Waals surface area contributed by atoms with E-state index in [2.05, 4.69) is 30.6 Å². The Labute approximate surface area is 268 Å². The van der Waals surface area contributed by atoms with Gasteiger partial charge in [0.2, 0.25) is 5.91 Å². The zero-order valence-electron chi connectivity index (χ0n) is 29.4. The third-order valence-corrected chi connectivity index (χ3v) is 8.60. The van der Waals surface area contributed by atoms with E-state index < -0.39 is 0 Å². The average molecular weight is 611 g/mol. The van der Waals surface area contributed by atoms with Crippen molar-refractivity contribution < 1.29 is 19.4 Å². The third-order valence-electron chi connectivity index (χ3n) is 8.60. The van der Waals surface area contributed by atoms with Gasteiger partial charge in [-0.05, 0) is 71.4 Å². The first-order valence-corrected chi connectivity index (χ1v) is 18.8. The maximum Gasteiger partial charge on any atom is 0.306 e. The average Bonchev–Trinajstić information content (AvgIpc) is 2.99. The molecule has 0 spiro atoms. The summed E-state index contributed by atoms with van der Waals surface area (Å²) in [5, 5.41) is 9.49. The molecule has 0 aromatic heterocycles. The second-order valence-corrected chi connectivity index (χ2v) is 12.9. The fraction of sp³-hybridized carbons (Fsp3) is 0.946. The number of amides is 1. The molecule has 6 nitrogen and oxygen atoms in total. The number of nitrogens with zero attached hydrogens (tertiary/aromatic N) is 2. The summed E-state index contributed by atoms with van der Waals surface area (Å²) in [5.74, 6) is 0.329. The number of hydrogen-bond acceptors (Lipinski definition) is 5. The Balaban J connectivity index is 3.91. The SMILES string of the molecule is CCCCCCC(C)OC(=O)CCCCCCCN(CCO)CCCCCCCC(=O)N(CCCCC)CCCCCC. The number of esters is 1. The summed E-state index contributed by atoms with van der Waals surface area (Å²) in [6, 6.07) is 0. The van der Waals surface area contributed by atoms with Gasteiger partial charge in [-0.3, -0.25) is 9.59 Å². The van der Waals surface area contributed by atoms with Crippen molar-refractivity contribution in [2.24, 2.45) is 0 Å². The number of rotatable bonds is 33. The Kier molecular flexibility index (Phi) is 31.4. The van der Waals surface area contributed by atoms with Crippen LogP contribution in [0.4, 0.5) is 0 Å². The summed E-state index contributed by atoms with van der Waals surface area (Å²) < 4.78 is 5.55. The van der Waals surface area contributed by atoms with Gasteiger partial charge in [-0.1, -0.05) is 111 Å². The molecule has 0 aliphatic heterocycles. The standard InChI is InChI=1S/C37H74N2O4/c1-5-8-11-19-26-35(4)43-37(42)28-21-16-14-18-24-30-38(33-34-40)29-23-17-13-15-20-27-36(41)39(31-22-10-7-3)32-25-12-9-6-2/h35,40H,5-34H2,1-4H3. The minimum atomic E-state index is -0.0362. The summed E-state index contributed by atoms with van der Waals surface area (Å²) in [7, 11) is 0. The lowest BCUT2D eigenvalue weighted by molar-refractivity contribution is -0.148. The van der Waals surface area contributed by atoms with Crippen LogP contribution in [0.3, 0.4) is 0 Å². The van der Waals surface area contributed by atoms with Crippen molar-refractivity contribution in [2.45, 2.75) is 188 Å². The van der Waals surface area contributed by atoms with Crippen LogP contribution in [0, 0.1) is 0 Å². The van der Waals surface area contributed by atoms with Crippen LogP contribution in [0.25, 0.3) is 0 Å². The van der Waals surface area contributed by atoms with Crippen molar-refractivity contribution in [3.63, 3.8) is 0 Å². The zero-order chi connectivity index (χ0) is 31.8. The highest BCUT2D eigenvalue weighted by molar-refractivity contribution is 5.76. The van der Waals surface area contributed by atoms with Gasteiger partial charge in [0.05, 0.1) is 12.7 Å². The molecule has 0 fully saturated rings. The fourth-order valence-corrected chi connectivity index (χ4v) is 5.76. The van der Waals surface area contributed by atoms with Crippen molar-refractivity contribution in [1.29, 1.82) is 0 Å². The van der Waals surface area contributed by atoms with Crippen LogP contribution in [-0.4, -0.2) is 72.2 Å². The van der Waals surface area contributed by atoms with E-state index in [1.807, 2.05) is 6.92 Å². The van der Waals surface area contributed by atoms with Crippen LogP contribution in [0.2, 0.25) is 0 Å². The third kappa shape index (κ3) is 28.1. The van der Waals surface area contributed by atoms with Crippen LogP contribution in [-0.2, 0) is 14.3 Å². The minimum absolute atomic E-state index is 0.0362. The van der Waals surface area contributed by atoms with E-state index in [1.165, 1.54) is 70.6 Å². The van der Waals surface area contributed by atoms with Crippen molar-refractivity contribution >= 4 is 11.9 Å². The Morgan fingerprint density at radius 2 is 1.00 bits per heavy atom. The molecule has 43 heavy (non-hydrogen) atoms. The molecule has 0 aliphatic rings. The van der Waals surface area contributed by atoms with Crippen LogP contribution in [0.15, 0.2) is 0 Å². The first kappa shape index (κ1) is 41.9. The van der Waals surface area contributed by atoms with E-state index >= 15 is 0 Å². The summed E-state index contributed by atoms with van der Waals surface area (Å²) in [6.45, 7) is 13.6. The van der Waals surface area contributed by atoms with Crippen LogP contribution in [0.5, 0.6) is 0 Å². The van der Waals surface area contributed by atoms with Crippen LogP contribution in [0.1, 0.15) is 182 Å². The maximum absolute atomic E-state index is 12.8. The lowest BCUT2D eigenvalue weighted by atomic mass is 10.1. The molecule has 0 bridgehead atoms. The lowest BCUT2D eigenvalue weighted by Crippen LogP contribution is -2.32. The van der Waals surface area contributed by atoms with E-state index in [0.29, 0.717) is 18.7 Å². The van der Waals surface area contributed by atoms with Gasteiger partial charge in [-0.2, -0.15) is 0 Å². The first-order valence-electron chi connectivity index (χ1n) is 18.8. The second kappa shape index (κ2) is 32.3. The smallest absolute Gasteiger partial charge is 0.306 e. The predicted octanol–water partition coefficient (Wildman–Crippen LogP) is 9.46. The largest absolute Gasteiger partial charge is 0.463 e. The number of aliphatic hydroxyl groups is 1. The van der Waals surface area contributed by atoms with E-state index in [0.717, 1.165) is 103 Å². The molecule has 256 valence electrons. The summed E-state index contributed by atoms with van der Waals surface area (Å²) in [5.41, 5.74) is 0. The maximum atomic E-state index is 12.8. The molecule has 1 unspecified atom stereocenters. The monoisotopic (exact) mass is 611 g/mol. The van der Waals surface area contributed by atoms with Gasteiger partial charge in [0.25, 0.3) is 0 Å². The summed E-state index contributed by atoms with van der Waals surface area (Å²) >= 11 is 0. The molecule has 1 atom stereocenters. The highest BCUT2D eigenvalue weighted by Crippen LogP contribution is 2.13. The van der Waals surface area contributed by atoms with Gasteiger partial charge < -0.3 is 19.6 Å². The van der Waals surface area contributed by atoms with Crippen LogP contribution < -0.4 is 0 Å². The van der Waals surface area contributed by atoms with Gasteiger partial charge in [-0.25, -0.2) is 0 Å². The first-order chi connectivity index (χ1) is 21.0. The number of carbonyl (C=O) groups excluding carboxylic acids is 2. The number of ether oxygens (including phenoxy) is 1. The molecule has 0 heterocycles. The zero-order valence-corrected chi connectivity index (χ0v) is 29.4. The van der Waals surface area contributed by atoms with Gasteiger partial charge in [0, 0.05) is 32.5 Å². The highest BCUT2D eigenvalue weighted by atomic mass is 16.5. The molecule has 0 aromatic rings. The quantitative estimate of drug-likeness (QED) is 0.0592. The van der Waals surface area contributed by atoms with Crippen LogP contribution >= 0.6 is 0 Å². The highest BCUT2D eigenvalue weighted by Gasteiger charge is 2.13. The van der Waals surface area contributed by atoms with Gasteiger partial charge in [-0.15, -0.1) is 0 Å². The van der Waals surface area contributed by atoms with E-state index in [-0.39, 0.29) is 18.7 Å². The van der Waals surface area contributed by atoms with Gasteiger partial charge >= 0.3 is 5.97 Å². The molecule has 0 rings (SSSR count). The molecule has 6 heteroatoms. The van der Waals surface area contributed by atoms with Crippen molar-refractivity contribution in [2.75, 3.05) is 39.3 Å². The number of aliphatic hydroxyl groups excluding tert-OH is 1. The van der Waals surface area contributed by atoms with Crippen molar-refractivity contribution in [1.82, 2.24) is 9.80 Å². The normalized spacial score (nSPS) is 12.1. The Morgan fingerprint density at radius 3 is 1.58 bits per heavy atom. The fourth-order valence-electron chi connectivity index (χ4n) is 5.76. The molecule has 1 amide bonds. The predicted molar refractivity (Wildman–Crippen MR) is 183 cm³/mol. The Bertz CT molecular complexity index is 615. The number of hydrogen-bond donors (Lipinski definition) is 1. The van der Waals surface area contributed by atoms with E-state index in [4.69, 9.17) is 4.74 Å². The summed E-state index contributed by atoms with van der Waals surface area (Å²) in [4.78, 5) is 29.4. The Morgan fingerprint density at radius 1 is 0.558 bits per heavy atom. The molecular weight excluding hydrogens is 536 g/mol. The number of unbranched alkanes of at least 4 members (excludes halogenated alkanes) is 16. The minimum Gasteiger partial charge on any atom is -0.463 e. The van der Waals surface area contributed by atoms with E-state index in [9.17, 15) is 14.7 Å². The molecule has 0 radical (unpaired) electrons. The van der Waals surface area contributed by atoms with Gasteiger partial charge in [0.1, 0.15) is 0 Å². The van der Waals surface area contributed by atoms with E-state index in [1.54, 1.807) is 0 Å². The molecule has 1 N–H and O–H groups in total.